The molecule has 0 amide bonds. The van der Waals surface area contributed by atoms with Gasteiger partial charge in [0, 0.05) is 30.8 Å². The first-order chi connectivity index (χ1) is 14.9. The number of oxime groups is 1. The Balaban J connectivity index is 1.53. The summed E-state index contributed by atoms with van der Waals surface area (Å²) in [5.41, 5.74) is 4.47. The molecule has 3 aliphatic rings. The Morgan fingerprint density at radius 1 is 1.23 bits per heavy atom. The molecule has 2 aromatic heterocycles. The number of hydrogen-bond acceptors (Lipinski definition) is 7. The number of rotatable bonds is 4. The molecule has 4 heterocycles. The summed E-state index contributed by atoms with van der Waals surface area (Å²) in [7, 11) is -2.92. The summed E-state index contributed by atoms with van der Waals surface area (Å²) in [5, 5.41) is 13.9. The zero-order valence-corrected chi connectivity index (χ0v) is 19.2. The minimum Gasteiger partial charge on any atom is -0.389 e. The van der Waals surface area contributed by atoms with E-state index in [1.54, 1.807) is 0 Å². The normalized spacial score (nSPS) is 23.1. The number of aryl methyl sites for hydroxylation is 2. The van der Waals surface area contributed by atoms with Crippen LogP contribution in [0.4, 0.5) is 5.69 Å². The first kappa shape index (κ1) is 20.7. The molecule has 5 rings (SSSR count). The van der Waals surface area contributed by atoms with Gasteiger partial charge in [0.25, 0.3) is 0 Å². The van der Waals surface area contributed by atoms with E-state index in [-0.39, 0.29) is 23.1 Å². The van der Waals surface area contributed by atoms with Crippen LogP contribution in [0.25, 0.3) is 11.0 Å². The molecule has 0 bridgehead atoms. The quantitative estimate of drug-likeness (QED) is 0.772. The third kappa shape index (κ3) is 3.81. The van der Waals surface area contributed by atoms with Crippen LogP contribution >= 0.6 is 0 Å². The summed E-state index contributed by atoms with van der Waals surface area (Å²) in [4.78, 5) is 10.8. The number of sulfone groups is 1. The number of fused-ring (bicyclic) bond motifs is 1. The number of nitrogens with zero attached hydrogens (tertiary/aromatic N) is 4. The molecule has 0 aromatic carbocycles. The van der Waals surface area contributed by atoms with E-state index in [1.807, 2.05) is 17.8 Å². The van der Waals surface area contributed by atoms with Crippen molar-refractivity contribution in [3.05, 3.63) is 17.5 Å². The van der Waals surface area contributed by atoms with Crippen molar-refractivity contribution in [3.63, 3.8) is 0 Å². The lowest BCUT2D eigenvalue weighted by Crippen LogP contribution is -2.33. The van der Waals surface area contributed by atoms with Crippen LogP contribution in [-0.4, -0.2) is 52.0 Å². The molecule has 9 heteroatoms. The lowest BCUT2D eigenvalue weighted by molar-refractivity contribution is -0.0449. The predicted molar refractivity (Wildman–Crippen MR) is 121 cm³/mol. The molecule has 31 heavy (non-hydrogen) atoms. The number of pyridine rings is 1. The van der Waals surface area contributed by atoms with Crippen LogP contribution in [0.1, 0.15) is 69.5 Å². The summed E-state index contributed by atoms with van der Waals surface area (Å²) >= 11 is 0. The van der Waals surface area contributed by atoms with Crippen LogP contribution in [0, 0.1) is 6.92 Å². The Bertz CT molecular complexity index is 1120. The monoisotopic (exact) mass is 445 g/mol. The third-order valence-corrected chi connectivity index (χ3v) is 8.77. The van der Waals surface area contributed by atoms with Gasteiger partial charge in [0.2, 0.25) is 0 Å². The summed E-state index contributed by atoms with van der Waals surface area (Å²) in [6, 6.07) is 0.101. The van der Waals surface area contributed by atoms with E-state index in [4.69, 9.17) is 9.82 Å². The molecule has 2 aromatic rings. The molecular formula is C22H31N5O3S. The van der Waals surface area contributed by atoms with Gasteiger partial charge >= 0.3 is 0 Å². The Labute approximate surface area is 183 Å². The fourth-order valence-electron chi connectivity index (χ4n) is 5.28. The van der Waals surface area contributed by atoms with Gasteiger partial charge in [0.05, 0.1) is 34.0 Å². The number of anilines is 1. The second-order valence-corrected chi connectivity index (χ2v) is 11.6. The molecule has 1 N–H and O–H groups in total. The lowest BCUT2D eigenvalue weighted by Gasteiger charge is -2.30. The molecule has 2 aliphatic heterocycles. The van der Waals surface area contributed by atoms with Gasteiger partial charge in [-0.15, -0.1) is 0 Å². The SMILES string of the molecule is CCn1nc(C)c2c(NC3CCS(=O)(=O)CC3)c(C3=NOC4(CCCCC4)C3)cnc21. The third-order valence-electron chi connectivity index (χ3n) is 7.05. The van der Waals surface area contributed by atoms with Gasteiger partial charge in [0.1, 0.15) is 15.4 Å². The van der Waals surface area contributed by atoms with Gasteiger partial charge in [-0.2, -0.15) is 5.10 Å². The van der Waals surface area contributed by atoms with Crippen molar-refractivity contribution < 1.29 is 13.3 Å². The van der Waals surface area contributed by atoms with Crippen molar-refractivity contribution in [1.29, 1.82) is 0 Å². The predicted octanol–water partition coefficient (Wildman–Crippen LogP) is 3.58. The van der Waals surface area contributed by atoms with E-state index < -0.39 is 9.84 Å². The van der Waals surface area contributed by atoms with Crippen LogP contribution in [-0.2, 0) is 21.2 Å². The summed E-state index contributed by atoms with van der Waals surface area (Å²) < 4.78 is 25.8. The number of nitrogens with one attached hydrogen (secondary N) is 1. The average Bonchev–Trinajstić information content (AvgIpc) is 3.31. The molecule has 1 aliphatic carbocycles. The molecule has 1 saturated carbocycles. The van der Waals surface area contributed by atoms with Crippen molar-refractivity contribution >= 4 is 32.3 Å². The maximum absolute atomic E-state index is 11.9. The molecule has 1 spiro atoms. The molecular weight excluding hydrogens is 414 g/mol. The van der Waals surface area contributed by atoms with Crippen molar-refractivity contribution in [2.24, 2.45) is 5.16 Å². The fourth-order valence-corrected chi connectivity index (χ4v) is 6.77. The van der Waals surface area contributed by atoms with Gasteiger partial charge < -0.3 is 10.2 Å². The second-order valence-electron chi connectivity index (χ2n) is 9.27. The summed E-state index contributed by atoms with van der Waals surface area (Å²) in [6.45, 7) is 4.80. The molecule has 0 unspecified atom stereocenters. The minimum absolute atomic E-state index is 0.101. The lowest BCUT2D eigenvalue weighted by atomic mass is 9.80. The van der Waals surface area contributed by atoms with E-state index in [0.717, 1.165) is 59.5 Å². The molecule has 2 fully saturated rings. The summed E-state index contributed by atoms with van der Waals surface area (Å²) in [6.07, 6.45) is 9.64. The van der Waals surface area contributed by atoms with Gasteiger partial charge in [-0.25, -0.2) is 18.1 Å². The Morgan fingerprint density at radius 2 is 1.97 bits per heavy atom. The fraction of sp³-hybridized carbons (Fsp3) is 0.682. The van der Waals surface area contributed by atoms with Crippen LogP contribution < -0.4 is 5.32 Å². The minimum atomic E-state index is -2.92. The highest BCUT2D eigenvalue weighted by Gasteiger charge is 2.41. The summed E-state index contributed by atoms with van der Waals surface area (Å²) in [5.74, 6) is 0.462. The standard InChI is InChI=1S/C22H31N5O3S/c1-3-27-21-19(15(2)25-27)20(24-16-7-11-31(28,29)12-8-16)17(14-23-21)18-13-22(30-26-18)9-5-4-6-10-22/h14,16H,3-13H2,1-2H3,(H,23,24). The highest BCUT2D eigenvalue weighted by atomic mass is 32.2. The molecule has 0 atom stereocenters. The largest absolute Gasteiger partial charge is 0.389 e. The second kappa shape index (κ2) is 7.76. The van der Waals surface area contributed by atoms with Crippen molar-refractivity contribution in [1.82, 2.24) is 14.8 Å². The van der Waals surface area contributed by atoms with E-state index >= 15 is 0 Å². The highest BCUT2D eigenvalue weighted by Crippen LogP contribution is 2.41. The van der Waals surface area contributed by atoms with Gasteiger partial charge in [-0.1, -0.05) is 11.6 Å². The number of hydrogen-bond donors (Lipinski definition) is 1. The number of aromatic nitrogens is 3. The van der Waals surface area contributed by atoms with Crippen molar-refractivity contribution in [3.8, 4) is 0 Å². The van der Waals surface area contributed by atoms with Crippen LogP contribution in [0.15, 0.2) is 11.4 Å². The van der Waals surface area contributed by atoms with Gasteiger partial charge in [0.15, 0.2) is 5.65 Å². The zero-order chi connectivity index (χ0) is 21.6. The van der Waals surface area contributed by atoms with Crippen LogP contribution in [0.2, 0.25) is 0 Å². The maximum atomic E-state index is 11.9. The Kier molecular flexibility index (Phi) is 5.19. The topological polar surface area (TPSA) is 98.5 Å². The molecule has 0 radical (unpaired) electrons. The maximum Gasteiger partial charge on any atom is 0.160 e. The van der Waals surface area contributed by atoms with Crippen LogP contribution in [0.5, 0.6) is 0 Å². The molecule has 168 valence electrons. The van der Waals surface area contributed by atoms with E-state index in [0.29, 0.717) is 12.8 Å². The highest BCUT2D eigenvalue weighted by molar-refractivity contribution is 7.91. The van der Waals surface area contributed by atoms with Crippen molar-refractivity contribution in [2.45, 2.75) is 83.4 Å². The van der Waals surface area contributed by atoms with E-state index in [2.05, 4.69) is 22.5 Å². The average molecular weight is 446 g/mol. The van der Waals surface area contributed by atoms with Gasteiger partial charge in [-0.05, 0) is 52.4 Å². The zero-order valence-electron chi connectivity index (χ0n) is 18.4. The van der Waals surface area contributed by atoms with E-state index in [9.17, 15) is 8.42 Å². The first-order valence-electron chi connectivity index (χ1n) is 11.5. The smallest absolute Gasteiger partial charge is 0.160 e. The first-order valence-corrected chi connectivity index (χ1v) is 13.3. The Hall–Kier alpha value is -2.16. The molecule has 8 nitrogen and oxygen atoms in total. The van der Waals surface area contributed by atoms with Crippen molar-refractivity contribution in [2.75, 3.05) is 16.8 Å². The molecule has 1 saturated heterocycles. The Morgan fingerprint density at radius 3 is 2.68 bits per heavy atom. The van der Waals surface area contributed by atoms with Gasteiger partial charge in [-0.3, -0.25) is 0 Å². The van der Waals surface area contributed by atoms with Crippen LogP contribution in [0.3, 0.4) is 0 Å². The van der Waals surface area contributed by atoms with E-state index in [1.165, 1.54) is 19.3 Å².